The van der Waals surface area contributed by atoms with Gasteiger partial charge in [-0.1, -0.05) is 32.0 Å². The lowest BCUT2D eigenvalue weighted by Gasteiger charge is -2.31. The van der Waals surface area contributed by atoms with E-state index in [4.69, 9.17) is 82.0 Å². The van der Waals surface area contributed by atoms with Crippen molar-refractivity contribution in [2.24, 2.45) is 27.6 Å². The molecule has 4 aromatic rings. The number of imide groups is 1. The molecule has 0 bridgehead atoms. The number of anilines is 1. The van der Waals surface area contributed by atoms with E-state index in [1.807, 2.05) is 36.5 Å². The van der Waals surface area contributed by atoms with Crippen molar-refractivity contribution >= 4 is 87.9 Å². The van der Waals surface area contributed by atoms with Crippen LogP contribution in [0.4, 0.5) is 17.1 Å². The van der Waals surface area contributed by atoms with Crippen molar-refractivity contribution in [3.05, 3.63) is 114 Å². The lowest BCUT2D eigenvalue weighted by atomic mass is 9.87. The molecule has 31 heteroatoms. The number of aliphatic imine (C=N–C) groups is 2. The molecule has 0 aliphatic carbocycles. The highest BCUT2D eigenvalue weighted by molar-refractivity contribution is 6.13. The maximum Gasteiger partial charge on any atom is 0.260 e. The first-order valence-electron chi connectivity index (χ1n) is 35.7. The van der Waals surface area contributed by atoms with Crippen LogP contribution in [0.3, 0.4) is 0 Å². The Labute approximate surface area is 619 Å². The number of carbonyl (C=O) groups is 8. The van der Waals surface area contributed by atoms with Crippen LogP contribution in [0.1, 0.15) is 84.7 Å². The van der Waals surface area contributed by atoms with Crippen molar-refractivity contribution < 1.29 is 105 Å². The number of amides is 8. The van der Waals surface area contributed by atoms with Gasteiger partial charge in [-0.2, -0.15) is 0 Å². The zero-order valence-corrected chi connectivity index (χ0v) is 60.8. The number of rotatable bonds is 46. The van der Waals surface area contributed by atoms with Crippen molar-refractivity contribution in [2.75, 3.05) is 152 Å². The fraction of sp³-hybridized carbons (Fsp3) is 0.474. The van der Waals surface area contributed by atoms with Crippen LogP contribution in [0.2, 0.25) is 0 Å². The summed E-state index contributed by atoms with van der Waals surface area (Å²) in [7, 11) is 3.01. The first kappa shape index (κ1) is 79.4. The van der Waals surface area contributed by atoms with Gasteiger partial charge in [-0.3, -0.25) is 53.2 Å². The Bertz CT molecular complexity index is 3940. The zero-order valence-electron chi connectivity index (χ0n) is 60.8. The smallest absolute Gasteiger partial charge is 0.260 e. The number of methoxy groups -OCH3 is 2. The van der Waals surface area contributed by atoms with Crippen LogP contribution in [0.25, 0.3) is 11.1 Å². The Morgan fingerprint density at radius 1 is 0.542 bits per heavy atom. The highest BCUT2D eigenvalue weighted by Crippen LogP contribution is 2.43. The lowest BCUT2D eigenvalue weighted by molar-refractivity contribution is -0.137. The highest BCUT2D eigenvalue weighted by Gasteiger charge is 2.38. The fourth-order valence-corrected chi connectivity index (χ4v) is 12.3. The molecule has 5 N–H and O–H groups in total. The summed E-state index contributed by atoms with van der Waals surface area (Å²) in [5.74, 6) is -1.92. The summed E-state index contributed by atoms with van der Waals surface area (Å²) in [6, 6.07) is 16.9. The predicted molar refractivity (Wildman–Crippen MR) is 389 cm³/mol. The molecule has 0 radical (unpaired) electrons. The second kappa shape index (κ2) is 40.0. The fourth-order valence-electron chi connectivity index (χ4n) is 12.3. The van der Waals surface area contributed by atoms with E-state index in [9.17, 15) is 38.4 Å². The number of nitrogens with two attached hydrogens (primary N) is 1. The van der Waals surface area contributed by atoms with E-state index in [0.717, 1.165) is 39.3 Å². The standard InChI is InChI=1S/C76H93N9O22/c1-48(2)72(61(82-69(87)15-17-83-70(88)13-14-71(83)89)46-103-34-33-102-32-31-101-30-29-100-28-27-99-26-25-98-24-23-97-22-21-96-20-16-68(77)86)74(91)80-49(3)73(90)81-54-10-7-50(8-11-54)52-35-55-42-78-59-40-66(63(94-4)38-57(59)75(92)84(55)44-52)104-18-6-19-105-67-41-60-58(39-64(67)95-5)76(93)85-45-53(36-56(85)43-79-60)51-9-12-62-65(37-51)107-47-106-62/h7-14,37-45,48-49,55-56,61,72H,6,15-36,46-47H2,1-5H3,(H2,77,86)(H,80,91)(H,81,90)(H,82,87)/t49-,55-,56-,61?,72-/m0/s1. The van der Waals surface area contributed by atoms with E-state index in [2.05, 4.69) is 16.0 Å². The summed E-state index contributed by atoms with van der Waals surface area (Å²) >= 11 is 0. The third-order valence-electron chi connectivity index (χ3n) is 17.9. The molecule has 0 saturated carbocycles. The maximum atomic E-state index is 14.3. The van der Waals surface area contributed by atoms with Gasteiger partial charge in [0.2, 0.25) is 30.4 Å². The molecule has 8 amide bonds. The third-order valence-corrected chi connectivity index (χ3v) is 17.9. The summed E-state index contributed by atoms with van der Waals surface area (Å²) in [6.07, 6.45) is 10.8. The third kappa shape index (κ3) is 22.3. The van der Waals surface area contributed by atoms with Crippen LogP contribution in [0.5, 0.6) is 34.5 Å². The average Bonchev–Trinajstić information content (AvgIpc) is 1.66. The Balaban J connectivity index is 0.639. The molecule has 574 valence electrons. The van der Waals surface area contributed by atoms with Gasteiger partial charge in [-0.05, 0) is 71.5 Å². The van der Waals surface area contributed by atoms with Crippen molar-refractivity contribution in [3.8, 4) is 34.5 Å². The van der Waals surface area contributed by atoms with E-state index in [0.29, 0.717) is 155 Å². The van der Waals surface area contributed by atoms with E-state index in [1.165, 1.54) is 14.2 Å². The molecule has 0 spiro atoms. The van der Waals surface area contributed by atoms with Gasteiger partial charge >= 0.3 is 0 Å². The number of nitrogens with one attached hydrogen (secondary N) is 3. The van der Waals surface area contributed by atoms with Gasteiger partial charge in [0.25, 0.3) is 23.6 Å². The van der Waals surface area contributed by atoms with E-state index in [-0.39, 0.29) is 96.2 Å². The van der Waals surface area contributed by atoms with Gasteiger partial charge < -0.3 is 97.8 Å². The summed E-state index contributed by atoms with van der Waals surface area (Å²) < 4.78 is 79.2. The Hall–Kier alpha value is -10.1. The molecule has 6 aliphatic heterocycles. The molecular weight excluding hydrogens is 1390 g/mol. The monoisotopic (exact) mass is 1480 g/mol. The van der Waals surface area contributed by atoms with E-state index in [1.54, 1.807) is 85.6 Å². The molecule has 6 aliphatic rings. The average molecular weight is 1480 g/mol. The number of ether oxygens (including phenoxy) is 14. The molecule has 0 fully saturated rings. The molecule has 107 heavy (non-hydrogen) atoms. The second-order valence-electron chi connectivity index (χ2n) is 25.7. The molecule has 1 unspecified atom stereocenters. The van der Waals surface area contributed by atoms with Crippen LogP contribution in [-0.2, 0) is 66.7 Å². The van der Waals surface area contributed by atoms with Gasteiger partial charge in [0.05, 0.1) is 180 Å². The van der Waals surface area contributed by atoms with Crippen molar-refractivity contribution in [2.45, 2.75) is 77.0 Å². The number of primary amides is 1. The van der Waals surface area contributed by atoms with Crippen LogP contribution in [-0.4, -0.2) is 245 Å². The van der Waals surface area contributed by atoms with E-state index >= 15 is 0 Å². The normalized spacial score (nSPS) is 16.9. The number of fused-ring (bicyclic) bond motifs is 5. The van der Waals surface area contributed by atoms with Gasteiger partial charge in [0.1, 0.15) is 6.04 Å². The first-order chi connectivity index (χ1) is 52.0. The number of nitrogens with zero attached hydrogens (tertiary/aromatic N) is 5. The van der Waals surface area contributed by atoms with Crippen molar-refractivity contribution in [1.82, 2.24) is 25.3 Å². The molecular formula is C76H93N9O22. The topological polar surface area (TPSA) is 362 Å². The van der Waals surface area contributed by atoms with Gasteiger partial charge in [0, 0.05) is 93.5 Å². The Kier molecular flexibility index (Phi) is 29.7. The van der Waals surface area contributed by atoms with E-state index < -0.39 is 59.5 Å². The second-order valence-corrected chi connectivity index (χ2v) is 25.7. The lowest BCUT2D eigenvalue weighted by Crippen LogP contribution is -2.54. The molecule has 31 nitrogen and oxygen atoms in total. The molecule has 0 aromatic heterocycles. The summed E-state index contributed by atoms with van der Waals surface area (Å²) in [5.41, 5.74) is 10.7. The van der Waals surface area contributed by atoms with Crippen molar-refractivity contribution in [3.63, 3.8) is 0 Å². The summed E-state index contributed by atoms with van der Waals surface area (Å²) in [4.78, 5) is 119. The largest absolute Gasteiger partial charge is 0.493 e. The highest BCUT2D eigenvalue weighted by atomic mass is 16.7. The van der Waals surface area contributed by atoms with Gasteiger partial charge in [-0.15, -0.1) is 0 Å². The molecule has 0 saturated heterocycles. The minimum Gasteiger partial charge on any atom is -0.493 e. The van der Waals surface area contributed by atoms with Crippen LogP contribution < -0.4 is 50.1 Å². The summed E-state index contributed by atoms with van der Waals surface area (Å²) in [5, 5.41) is 8.56. The number of carbonyl (C=O) groups excluding carboxylic acids is 8. The molecule has 4 aromatic carbocycles. The summed E-state index contributed by atoms with van der Waals surface area (Å²) in [6.45, 7) is 10.5. The molecule has 5 atom stereocenters. The minimum atomic E-state index is -1.03. The van der Waals surface area contributed by atoms with Crippen molar-refractivity contribution in [1.29, 1.82) is 0 Å². The Morgan fingerprint density at radius 3 is 1.51 bits per heavy atom. The molecule has 6 heterocycles. The maximum absolute atomic E-state index is 14.3. The number of hydrogen-bond donors (Lipinski definition) is 4. The van der Waals surface area contributed by atoms with Crippen LogP contribution in [0, 0.1) is 11.8 Å². The quantitative estimate of drug-likeness (QED) is 0.0302. The SMILES string of the molecule is COc1cc2c(cc1OCCCOc1cc3c(cc1OC)C(=O)N1C=C(c4ccc5c(c4)OCO5)C[C@H]1C=N3)N=C[C@@H]1CC(c3ccc(NC(=O)[C@H](C)NC(=O)[C@@H](C(C)C)C(COCCOCCOCCOCCOCCOCCOCCOCCC(N)=O)NC(=O)CCN4C(=O)C=CC4=O)cc3)=CN1C2=O. The van der Waals surface area contributed by atoms with Gasteiger partial charge in [0.15, 0.2) is 34.5 Å². The zero-order chi connectivity index (χ0) is 75.6. The predicted octanol–water partition coefficient (Wildman–Crippen LogP) is 5.75. The first-order valence-corrected chi connectivity index (χ1v) is 35.7. The number of benzene rings is 4. The van der Waals surface area contributed by atoms with Gasteiger partial charge in [-0.25, -0.2) is 0 Å². The molecule has 10 rings (SSSR count). The Morgan fingerprint density at radius 2 is 1.02 bits per heavy atom. The minimum absolute atomic E-state index is 0.106. The number of hydrogen-bond acceptors (Lipinski definition) is 24. The van der Waals surface area contributed by atoms with Crippen LogP contribution >= 0.6 is 0 Å². The van der Waals surface area contributed by atoms with Crippen LogP contribution in [0.15, 0.2) is 101 Å².